The number of halogens is 1. The molecule has 0 unspecified atom stereocenters. The van der Waals surface area contributed by atoms with Crippen LogP contribution in [0.3, 0.4) is 0 Å². The first-order chi connectivity index (χ1) is 8.15. The predicted molar refractivity (Wildman–Crippen MR) is 67.9 cm³/mol. The van der Waals surface area contributed by atoms with Crippen LogP contribution in [0.25, 0.3) is 0 Å². The molecule has 0 spiro atoms. The molecule has 0 amide bonds. The number of carbonyl (C=O) groups is 1. The quantitative estimate of drug-likeness (QED) is 0.837. The van der Waals surface area contributed by atoms with E-state index < -0.39 is 5.97 Å². The van der Waals surface area contributed by atoms with Crippen molar-refractivity contribution in [3.8, 4) is 0 Å². The van der Waals surface area contributed by atoms with Crippen LogP contribution in [0.15, 0.2) is 29.6 Å². The second-order valence-corrected chi connectivity index (χ2v) is 4.72. The van der Waals surface area contributed by atoms with E-state index in [9.17, 15) is 4.79 Å². The van der Waals surface area contributed by atoms with Gasteiger partial charge in [-0.05, 0) is 23.6 Å². The summed E-state index contributed by atoms with van der Waals surface area (Å²) in [6.45, 7) is 0.601. The summed E-state index contributed by atoms with van der Waals surface area (Å²) < 4.78 is 0. The van der Waals surface area contributed by atoms with Crippen LogP contribution in [0.1, 0.15) is 15.2 Å². The van der Waals surface area contributed by atoms with Crippen molar-refractivity contribution in [3.05, 3.63) is 45.2 Å². The van der Waals surface area contributed by atoms with E-state index in [2.05, 4.69) is 10.3 Å². The molecule has 0 aliphatic rings. The van der Waals surface area contributed by atoms with Crippen LogP contribution in [0, 0.1) is 0 Å². The number of aromatic nitrogens is 1. The Labute approximate surface area is 107 Å². The summed E-state index contributed by atoms with van der Waals surface area (Å²) in [5.41, 5.74) is 0.124. The van der Waals surface area contributed by atoms with Crippen LogP contribution in [0.2, 0.25) is 5.15 Å². The van der Waals surface area contributed by atoms with Crippen molar-refractivity contribution < 1.29 is 9.90 Å². The van der Waals surface area contributed by atoms with Gasteiger partial charge in [0, 0.05) is 4.88 Å². The Morgan fingerprint density at radius 3 is 3.00 bits per heavy atom. The number of pyridine rings is 1. The maximum atomic E-state index is 10.8. The Kier molecular flexibility index (Phi) is 3.61. The molecular formula is C11H9ClN2O2S. The molecule has 0 aliphatic heterocycles. The summed E-state index contributed by atoms with van der Waals surface area (Å²) >= 11 is 7.36. The largest absolute Gasteiger partial charge is 0.478 e. The van der Waals surface area contributed by atoms with Crippen molar-refractivity contribution in [2.24, 2.45) is 0 Å². The smallest absolute Gasteiger partial charge is 0.335 e. The SMILES string of the molecule is O=C(O)c1cc(Cl)nc(NCc2cccs2)c1. The number of thiophene rings is 1. The molecule has 0 aliphatic carbocycles. The fraction of sp³-hybridized carbons (Fsp3) is 0.0909. The van der Waals surface area contributed by atoms with Gasteiger partial charge in [-0.25, -0.2) is 9.78 Å². The molecule has 6 heteroatoms. The average molecular weight is 269 g/mol. The third-order valence-electron chi connectivity index (χ3n) is 2.06. The number of hydrogen-bond acceptors (Lipinski definition) is 4. The molecule has 0 bridgehead atoms. The number of carboxylic acid groups (broad SMARTS) is 1. The van der Waals surface area contributed by atoms with E-state index in [4.69, 9.17) is 16.7 Å². The molecule has 2 aromatic rings. The van der Waals surface area contributed by atoms with Gasteiger partial charge in [0.15, 0.2) is 0 Å². The molecule has 0 saturated heterocycles. The van der Waals surface area contributed by atoms with Crippen molar-refractivity contribution in [3.63, 3.8) is 0 Å². The van der Waals surface area contributed by atoms with Gasteiger partial charge in [-0.15, -0.1) is 11.3 Å². The molecule has 0 atom stereocenters. The molecule has 0 fully saturated rings. The maximum Gasteiger partial charge on any atom is 0.335 e. The number of hydrogen-bond donors (Lipinski definition) is 2. The summed E-state index contributed by atoms with van der Waals surface area (Å²) in [4.78, 5) is 16.0. The molecule has 0 radical (unpaired) electrons. The normalized spacial score (nSPS) is 10.2. The highest BCUT2D eigenvalue weighted by atomic mass is 35.5. The first-order valence-electron chi connectivity index (χ1n) is 4.82. The lowest BCUT2D eigenvalue weighted by Crippen LogP contribution is -2.03. The first-order valence-corrected chi connectivity index (χ1v) is 6.08. The van der Waals surface area contributed by atoms with Crippen LogP contribution in [0.5, 0.6) is 0 Å². The van der Waals surface area contributed by atoms with Gasteiger partial charge in [-0.2, -0.15) is 0 Å². The van der Waals surface area contributed by atoms with Gasteiger partial charge in [0.2, 0.25) is 0 Å². The van der Waals surface area contributed by atoms with Gasteiger partial charge in [0.25, 0.3) is 0 Å². The van der Waals surface area contributed by atoms with Crippen LogP contribution in [-0.4, -0.2) is 16.1 Å². The second kappa shape index (κ2) is 5.16. The zero-order valence-electron chi connectivity index (χ0n) is 8.68. The molecule has 2 aromatic heterocycles. The molecule has 0 aromatic carbocycles. The summed E-state index contributed by atoms with van der Waals surface area (Å²) in [6.07, 6.45) is 0. The van der Waals surface area contributed by atoms with Gasteiger partial charge in [-0.3, -0.25) is 0 Å². The minimum atomic E-state index is -1.02. The number of nitrogens with one attached hydrogen (secondary N) is 1. The lowest BCUT2D eigenvalue weighted by molar-refractivity contribution is 0.0697. The molecule has 2 heterocycles. The number of carboxylic acids is 1. The minimum Gasteiger partial charge on any atom is -0.478 e. The van der Waals surface area contributed by atoms with E-state index in [0.29, 0.717) is 12.4 Å². The summed E-state index contributed by atoms with van der Waals surface area (Å²) in [7, 11) is 0. The second-order valence-electron chi connectivity index (χ2n) is 3.30. The van der Waals surface area contributed by atoms with E-state index in [-0.39, 0.29) is 10.7 Å². The van der Waals surface area contributed by atoms with Gasteiger partial charge < -0.3 is 10.4 Å². The number of aromatic carboxylic acids is 1. The Hall–Kier alpha value is -1.59. The zero-order chi connectivity index (χ0) is 12.3. The lowest BCUT2D eigenvalue weighted by atomic mass is 10.2. The van der Waals surface area contributed by atoms with E-state index in [1.807, 2.05) is 17.5 Å². The summed E-state index contributed by atoms with van der Waals surface area (Å²) in [6, 6.07) is 6.72. The molecule has 2 rings (SSSR count). The highest BCUT2D eigenvalue weighted by Crippen LogP contribution is 2.16. The van der Waals surface area contributed by atoms with Crippen molar-refractivity contribution in [1.29, 1.82) is 0 Å². The predicted octanol–water partition coefficient (Wildman–Crippen LogP) is 3.11. The lowest BCUT2D eigenvalue weighted by Gasteiger charge is -2.05. The van der Waals surface area contributed by atoms with E-state index >= 15 is 0 Å². The van der Waals surface area contributed by atoms with Gasteiger partial charge in [0.1, 0.15) is 11.0 Å². The Morgan fingerprint density at radius 2 is 2.35 bits per heavy atom. The topological polar surface area (TPSA) is 62.2 Å². The van der Waals surface area contributed by atoms with Crippen molar-refractivity contribution in [2.45, 2.75) is 6.54 Å². The zero-order valence-corrected chi connectivity index (χ0v) is 10.3. The van der Waals surface area contributed by atoms with Gasteiger partial charge in [-0.1, -0.05) is 17.7 Å². The highest BCUT2D eigenvalue weighted by Gasteiger charge is 2.07. The molecular weight excluding hydrogens is 260 g/mol. The van der Waals surface area contributed by atoms with E-state index in [1.54, 1.807) is 11.3 Å². The van der Waals surface area contributed by atoms with Crippen LogP contribution in [0.4, 0.5) is 5.82 Å². The molecule has 4 nitrogen and oxygen atoms in total. The molecule has 2 N–H and O–H groups in total. The van der Waals surface area contributed by atoms with Crippen LogP contribution in [-0.2, 0) is 6.54 Å². The molecule has 0 saturated carbocycles. The van der Waals surface area contributed by atoms with Crippen LogP contribution >= 0.6 is 22.9 Å². The van der Waals surface area contributed by atoms with E-state index in [0.717, 1.165) is 4.88 Å². The fourth-order valence-corrected chi connectivity index (χ4v) is 2.15. The third kappa shape index (κ3) is 3.18. The average Bonchev–Trinajstić information content (AvgIpc) is 2.78. The Balaban J connectivity index is 2.13. The van der Waals surface area contributed by atoms with E-state index in [1.165, 1.54) is 12.1 Å². The standard InChI is InChI=1S/C11H9ClN2O2S/c12-9-4-7(11(15)16)5-10(14-9)13-6-8-2-1-3-17-8/h1-5H,6H2,(H,13,14)(H,15,16). The Bertz CT molecular complexity index is 528. The monoisotopic (exact) mass is 268 g/mol. The van der Waals surface area contributed by atoms with Crippen molar-refractivity contribution in [1.82, 2.24) is 4.98 Å². The minimum absolute atomic E-state index is 0.124. The molecule has 17 heavy (non-hydrogen) atoms. The van der Waals surface area contributed by atoms with Crippen LogP contribution < -0.4 is 5.32 Å². The Morgan fingerprint density at radius 1 is 1.53 bits per heavy atom. The number of nitrogens with zero attached hydrogens (tertiary/aromatic N) is 1. The fourth-order valence-electron chi connectivity index (χ4n) is 1.30. The highest BCUT2D eigenvalue weighted by molar-refractivity contribution is 7.09. The summed E-state index contributed by atoms with van der Waals surface area (Å²) in [5, 5.41) is 14.1. The van der Waals surface area contributed by atoms with Crippen molar-refractivity contribution in [2.75, 3.05) is 5.32 Å². The number of anilines is 1. The third-order valence-corrected chi connectivity index (χ3v) is 3.13. The molecule has 88 valence electrons. The van der Waals surface area contributed by atoms with Crippen molar-refractivity contribution >= 4 is 34.7 Å². The first kappa shape index (κ1) is 11.9. The van der Waals surface area contributed by atoms with Gasteiger partial charge in [0.05, 0.1) is 12.1 Å². The van der Waals surface area contributed by atoms with Gasteiger partial charge >= 0.3 is 5.97 Å². The maximum absolute atomic E-state index is 10.8. The number of rotatable bonds is 4. The summed E-state index contributed by atoms with van der Waals surface area (Å²) in [5.74, 6) is -0.559.